The fourth-order valence-electron chi connectivity index (χ4n) is 2.49. The van der Waals surface area contributed by atoms with Gasteiger partial charge in [-0.3, -0.25) is 4.98 Å². The lowest BCUT2D eigenvalue weighted by Gasteiger charge is -2.03. The van der Waals surface area contributed by atoms with Crippen molar-refractivity contribution in [2.24, 2.45) is 0 Å². The first-order valence-corrected chi connectivity index (χ1v) is 6.45. The summed E-state index contributed by atoms with van der Waals surface area (Å²) in [7, 11) is 0. The molecule has 0 atom stereocenters. The Kier molecular flexibility index (Phi) is 1.55. The molecule has 0 spiro atoms. The maximum absolute atomic E-state index is 7.85. The summed E-state index contributed by atoms with van der Waals surface area (Å²) in [4.78, 5) is 8.42. The van der Waals surface area contributed by atoms with E-state index in [0.29, 0.717) is 27.6 Å². The van der Waals surface area contributed by atoms with Gasteiger partial charge in [-0.2, -0.15) is 0 Å². The number of fused-ring (bicyclic) bond motifs is 3. The number of hydrogen-bond donors (Lipinski definition) is 0. The largest absolute Gasteiger partial charge is 0.437 e. The van der Waals surface area contributed by atoms with Crippen molar-refractivity contribution in [2.75, 3.05) is 0 Å². The highest BCUT2D eigenvalue weighted by atomic mass is 16.3. The van der Waals surface area contributed by atoms with Gasteiger partial charge in [0, 0.05) is 36.5 Å². The summed E-state index contributed by atoms with van der Waals surface area (Å²) >= 11 is 0. The molecule has 0 aliphatic heterocycles. The second-order valence-corrected chi connectivity index (χ2v) is 4.73. The molecule has 0 saturated carbocycles. The second-order valence-electron chi connectivity index (χ2n) is 4.73. The van der Waals surface area contributed by atoms with Crippen LogP contribution in [0.3, 0.4) is 0 Å². The molecule has 0 aliphatic carbocycles. The molecule has 21 heavy (non-hydrogen) atoms. The highest BCUT2D eigenvalue weighted by Gasteiger charge is 2.15. The Hall–Kier alpha value is -2.68. The topological polar surface area (TPSA) is 38.9 Å². The first-order valence-electron chi connectivity index (χ1n) is 9.45. The van der Waals surface area contributed by atoms with Crippen LogP contribution >= 0.6 is 0 Å². The molecule has 3 heterocycles. The molecule has 0 bridgehead atoms. The SMILES string of the molecule is [2H]C([2H])([2H])c1ccc2c(n1)oc1c(-c3ccccn3)ccc(C([2H])([2H])[2H])c12. The van der Waals surface area contributed by atoms with Gasteiger partial charge >= 0.3 is 0 Å². The Morgan fingerprint density at radius 2 is 2.05 bits per heavy atom. The predicted molar refractivity (Wildman–Crippen MR) is 84.2 cm³/mol. The van der Waals surface area contributed by atoms with Crippen molar-refractivity contribution in [3.05, 3.63) is 59.9 Å². The van der Waals surface area contributed by atoms with E-state index < -0.39 is 13.7 Å². The van der Waals surface area contributed by atoms with Crippen LogP contribution in [0.4, 0.5) is 0 Å². The smallest absolute Gasteiger partial charge is 0.227 e. The Labute approximate surface area is 130 Å². The maximum Gasteiger partial charge on any atom is 0.227 e. The number of nitrogens with zero attached hydrogens (tertiary/aromatic N) is 2. The number of aromatic nitrogens is 2. The summed E-state index contributed by atoms with van der Waals surface area (Å²) in [6, 6.07) is 11.5. The van der Waals surface area contributed by atoms with Gasteiger partial charge in [0.1, 0.15) is 5.58 Å². The van der Waals surface area contributed by atoms with Gasteiger partial charge in [-0.05, 0) is 49.6 Å². The lowest BCUT2D eigenvalue weighted by molar-refractivity contribution is 0.653. The van der Waals surface area contributed by atoms with Crippen LogP contribution in [-0.4, -0.2) is 9.97 Å². The fraction of sp³-hybridized carbons (Fsp3) is 0.111. The molecule has 0 radical (unpaired) electrons. The Morgan fingerprint density at radius 1 is 1.05 bits per heavy atom. The van der Waals surface area contributed by atoms with Gasteiger partial charge in [0.15, 0.2) is 0 Å². The maximum atomic E-state index is 7.85. The van der Waals surface area contributed by atoms with Crippen molar-refractivity contribution >= 4 is 22.1 Å². The zero-order chi connectivity index (χ0) is 19.4. The average Bonchev–Trinajstić information content (AvgIpc) is 2.98. The van der Waals surface area contributed by atoms with Gasteiger partial charge in [0.2, 0.25) is 5.71 Å². The van der Waals surface area contributed by atoms with Crippen molar-refractivity contribution in [1.29, 1.82) is 0 Å². The van der Waals surface area contributed by atoms with Crippen LogP contribution in [0.2, 0.25) is 0 Å². The molecule has 4 rings (SSSR count). The normalized spacial score (nSPS) is 16.8. The monoisotopic (exact) mass is 280 g/mol. The molecule has 3 aromatic heterocycles. The number of aryl methyl sites for hydroxylation is 2. The van der Waals surface area contributed by atoms with E-state index in [1.807, 2.05) is 6.07 Å². The van der Waals surface area contributed by atoms with Gasteiger partial charge in [-0.1, -0.05) is 12.1 Å². The summed E-state index contributed by atoms with van der Waals surface area (Å²) in [6.45, 7) is -4.75. The van der Waals surface area contributed by atoms with Crippen LogP contribution in [-0.2, 0) is 0 Å². The van der Waals surface area contributed by atoms with Crippen LogP contribution < -0.4 is 0 Å². The minimum Gasteiger partial charge on any atom is -0.437 e. The summed E-state index contributed by atoms with van der Waals surface area (Å²) in [5.74, 6) is 0. The van der Waals surface area contributed by atoms with Crippen LogP contribution in [0, 0.1) is 13.7 Å². The highest BCUT2D eigenvalue weighted by molar-refractivity contribution is 6.09. The predicted octanol–water partition coefficient (Wildman–Crippen LogP) is 4.66. The third-order valence-electron chi connectivity index (χ3n) is 3.43. The molecular formula is C18H14N2O. The molecule has 0 amide bonds. The van der Waals surface area contributed by atoms with E-state index >= 15 is 0 Å². The van der Waals surface area contributed by atoms with E-state index in [1.54, 1.807) is 30.5 Å². The summed E-state index contributed by atoms with van der Waals surface area (Å²) < 4.78 is 52.0. The fourth-order valence-corrected chi connectivity index (χ4v) is 2.49. The number of benzene rings is 1. The lowest BCUT2D eigenvalue weighted by Crippen LogP contribution is -1.84. The molecule has 0 fully saturated rings. The van der Waals surface area contributed by atoms with Crippen LogP contribution in [0.25, 0.3) is 33.3 Å². The Bertz CT molecular complexity index is 1150. The van der Waals surface area contributed by atoms with Crippen molar-refractivity contribution in [3.63, 3.8) is 0 Å². The van der Waals surface area contributed by atoms with Crippen molar-refractivity contribution in [3.8, 4) is 11.3 Å². The molecule has 0 unspecified atom stereocenters. The third-order valence-corrected chi connectivity index (χ3v) is 3.43. The molecule has 3 heteroatoms. The quantitative estimate of drug-likeness (QED) is 0.509. The molecule has 102 valence electrons. The van der Waals surface area contributed by atoms with E-state index in [1.165, 1.54) is 12.1 Å². The van der Waals surface area contributed by atoms with E-state index in [0.717, 1.165) is 0 Å². The third kappa shape index (κ3) is 1.82. The van der Waals surface area contributed by atoms with Crippen LogP contribution in [0.1, 0.15) is 19.5 Å². The molecule has 3 nitrogen and oxygen atoms in total. The molecule has 0 aliphatic rings. The van der Waals surface area contributed by atoms with Gasteiger partial charge in [-0.15, -0.1) is 0 Å². The van der Waals surface area contributed by atoms with Gasteiger partial charge in [-0.25, -0.2) is 4.98 Å². The van der Waals surface area contributed by atoms with E-state index in [-0.39, 0.29) is 17.0 Å². The first kappa shape index (κ1) is 7.36. The Balaban J connectivity index is 2.11. The molecule has 1 aromatic carbocycles. The first-order chi connectivity index (χ1) is 12.7. The van der Waals surface area contributed by atoms with Crippen LogP contribution in [0.15, 0.2) is 53.1 Å². The highest BCUT2D eigenvalue weighted by Crippen LogP contribution is 2.36. The second kappa shape index (κ2) is 4.42. The number of hydrogen-bond acceptors (Lipinski definition) is 3. The van der Waals surface area contributed by atoms with Crippen molar-refractivity contribution < 1.29 is 12.6 Å². The summed E-state index contributed by atoms with van der Waals surface area (Å²) in [6.07, 6.45) is 1.63. The van der Waals surface area contributed by atoms with E-state index in [2.05, 4.69) is 9.97 Å². The van der Waals surface area contributed by atoms with Gasteiger partial charge in [0.05, 0.1) is 5.69 Å². The van der Waals surface area contributed by atoms with Gasteiger partial charge < -0.3 is 4.42 Å². The molecule has 4 aromatic rings. The minimum absolute atomic E-state index is 0.0903. The molecular weight excluding hydrogens is 260 g/mol. The van der Waals surface area contributed by atoms with Gasteiger partial charge in [0.25, 0.3) is 0 Å². The summed E-state index contributed by atoms with van der Waals surface area (Å²) in [5, 5.41) is 0.861. The van der Waals surface area contributed by atoms with Crippen LogP contribution in [0.5, 0.6) is 0 Å². The molecule has 0 N–H and O–H groups in total. The minimum atomic E-state index is -2.39. The number of furan rings is 1. The summed E-state index contributed by atoms with van der Waals surface area (Å²) in [5.41, 5.74) is 1.67. The number of rotatable bonds is 1. The zero-order valence-electron chi connectivity index (χ0n) is 16.9. The van der Waals surface area contributed by atoms with Crippen molar-refractivity contribution in [1.82, 2.24) is 9.97 Å². The van der Waals surface area contributed by atoms with E-state index in [4.69, 9.17) is 12.6 Å². The number of pyridine rings is 2. The zero-order valence-corrected chi connectivity index (χ0v) is 10.9. The van der Waals surface area contributed by atoms with E-state index in [9.17, 15) is 0 Å². The molecule has 0 saturated heterocycles. The van der Waals surface area contributed by atoms with Crippen molar-refractivity contribution in [2.45, 2.75) is 13.7 Å². The standard InChI is InChI=1S/C18H14N2O/c1-11-6-8-13(15-5-3-4-10-19-15)17-16(11)14-9-7-12(2)20-18(14)21-17/h3-10H,1-2H3/i1D3,2D3. The Morgan fingerprint density at radius 3 is 2.86 bits per heavy atom. The lowest BCUT2D eigenvalue weighted by atomic mass is 10.0. The average molecular weight is 280 g/mol.